The van der Waals surface area contributed by atoms with Crippen LogP contribution in [-0.2, 0) is 6.42 Å². The predicted octanol–water partition coefficient (Wildman–Crippen LogP) is 3.24. The summed E-state index contributed by atoms with van der Waals surface area (Å²) in [6.07, 6.45) is 1.31. The van der Waals surface area contributed by atoms with Gasteiger partial charge in [-0.25, -0.2) is 0 Å². The summed E-state index contributed by atoms with van der Waals surface area (Å²) < 4.78 is 27.9. The first kappa shape index (κ1) is 20.2. The molecule has 2 aliphatic heterocycles. The van der Waals surface area contributed by atoms with Gasteiger partial charge in [0.25, 0.3) is 0 Å². The Kier molecular flexibility index (Phi) is 5.59. The summed E-state index contributed by atoms with van der Waals surface area (Å²) in [6.45, 7) is 1.04. The van der Waals surface area contributed by atoms with Crippen LogP contribution in [0, 0.1) is 0 Å². The van der Waals surface area contributed by atoms with Crippen molar-refractivity contribution in [3.63, 3.8) is 0 Å². The van der Waals surface area contributed by atoms with Crippen LogP contribution >= 0.6 is 0 Å². The molecule has 1 N–H and O–H groups in total. The topological polar surface area (TPSA) is 82.0 Å². The van der Waals surface area contributed by atoms with Crippen LogP contribution in [0.15, 0.2) is 29.4 Å². The van der Waals surface area contributed by atoms with Gasteiger partial charge in [-0.15, -0.1) is 0 Å². The van der Waals surface area contributed by atoms with E-state index in [1.165, 1.54) is 0 Å². The Bertz CT molecular complexity index is 975. The van der Waals surface area contributed by atoms with Gasteiger partial charge in [0.15, 0.2) is 11.5 Å². The van der Waals surface area contributed by atoms with Crippen LogP contribution in [0.1, 0.15) is 29.2 Å². The summed E-state index contributed by atoms with van der Waals surface area (Å²) in [4.78, 5) is 2.23. The lowest BCUT2D eigenvalue weighted by molar-refractivity contribution is 0.170. The SMILES string of the molecule is COc1ccc(OC)c(/C(C[C@@H]2c3c(cc4c(c3OC)OCO4)CCN2C)=N/O)c1. The van der Waals surface area contributed by atoms with E-state index in [2.05, 4.69) is 17.1 Å². The van der Waals surface area contributed by atoms with Crippen LogP contribution in [0.5, 0.6) is 28.7 Å². The van der Waals surface area contributed by atoms with E-state index >= 15 is 0 Å². The molecule has 2 heterocycles. The lowest BCUT2D eigenvalue weighted by Crippen LogP contribution is -2.34. The maximum atomic E-state index is 9.91. The molecule has 0 amide bonds. The van der Waals surface area contributed by atoms with Crippen molar-refractivity contribution in [2.24, 2.45) is 5.16 Å². The standard InChI is InChI=1S/C22H26N2O6/c1-24-8-7-13-9-19-21(30-12-29-19)22(28-4)20(13)17(24)11-16(23-25)15-10-14(26-2)5-6-18(15)27-3/h5-6,9-10,17,25H,7-8,11-12H2,1-4H3/b23-16+/t17-/m1/s1. The second-order valence-corrected chi connectivity index (χ2v) is 7.28. The highest BCUT2D eigenvalue weighted by Crippen LogP contribution is 2.50. The maximum Gasteiger partial charge on any atom is 0.231 e. The second-order valence-electron chi connectivity index (χ2n) is 7.28. The third-order valence-corrected chi connectivity index (χ3v) is 5.77. The van der Waals surface area contributed by atoms with Crippen LogP contribution in [0.3, 0.4) is 0 Å². The molecule has 0 unspecified atom stereocenters. The molecule has 2 aromatic carbocycles. The van der Waals surface area contributed by atoms with Crippen molar-refractivity contribution >= 4 is 5.71 Å². The van der Waals surface area contributed by atoms with Crippen LogP contribution < -0.4 is 23.7 Å². The first-order valence-electron chi connectivity index (χ1n) is 9.74. The van der Waals surface area contributed by atoms with Crippen LogP contribution in [0.4, 0.5) is 0 Å². The Morgan fingerprint density at radius 3 is 2.70 bits per heavy atom. The number of nitrogens with zero attached hydrogens (tertiary/aromatic N) is 2. The Hall–Kier alpha value is -3.13. The third-order valence-electron chi connectivity index (χ3n) is 5.77. The highest BCUT2D eigenvalue weighted by molar-refractivity contribution is 6.03. The molecule has 8 nitrogen and oxygen atoms in total. The largest absolute Gasteiger partial charge is 0.497 e. The van der Waals surface area contributed by atoms with Crippen molar-refractivity contribution in [1.82, 2.24) is 4.90 Å². The molecule has 0 spiro atoms. The van der Waals surface area contributed by atoms with E-state index in [0.717, 1.165) is 24.1 Å². The minimum absolute atomic E-state index is 0.0833. The number of oxime groups is 1. The summed E-state index contributed by atoms with van der Waals surface area (Å²) in [5.41, 5.74) is 3.35. The first-order chi connectivity index (χ1) is 14.6. The van der Waals surface area contributed by atoms with Gasteiger partial charge >= 0.3 is 0 Å². The lowest BCUT2D eigenvalue weighted by Gasteiger charge is -2.36. The van der Waals surface area contributed by atoms with Crippen molar-refractivity contribution in [3.8, 4) is 28.7 Å². The highest BCUT2D eigenvalue weighted by Gasteiger charge is 2.35. The van der Waals surface area contributed by atoms with Crippen molar-refractivity contribution in [2.45, 2.75) is 18.9 Å². The predicted molar refractivity (Wildman–Crippen MR) is 111 cm³/mol. The molecule has 0 radical (unpaired) electrons. The molecule has 0 fully saturated rings. The van der Waals surface area contributed by atoms with Crippen molar-refractivity contribution in [2.75, 3.05) is 41.7 Å². The van der Waals surface area contributed by atoms with Gasteiger partial charge in [-0.3, -0.25) is 4.90 Å². The van der Waals surface area contributed by atoms with Crippen molar-refractivity contribution in [1.29, 1.82) is 0 Å². The van der Waals surface area contributed by atoms with E-state index in [4.69, 9.17) is 23.7 Å². The molecule has 0 aromatic heterocycles. The fourth-order valence-electron chi connectivity index (χ4n) is 4.21. The summed E-state index contributed by atoms with van der Waals surface area (Å²) in [5.74, 6) is 3.27. The quantitative estimate of drug-likeness (QED) is 0.441. The number of hydrogen-bond acceptors (Lipinski definition) is 8. The molecule has 0 saturated heterocycles. The number of methoxy groups -OCH3 is 3. The zero-order valence-electron chi connectivity index (χ0n) is 17.6. The van der Waals surface area contributed by atoms with Crippen LogP contribution in [-0.4, -0.2) is 57.5 Å². The summed E-state index contributed by atoms with van der Waals surface area (Å²) in [5, 5.41) is 13.5. The van der Waals surface area contributed by atoms with E-state index in [1.807, 2.05) is 18.2 Å². The fourth-order valence-corrected chi connectivity index (χ4v) is 4.21. The van der Waals surface area contributed by atoms with E-state index in [1.54, 1.807) is 27.4 Å². The molecule has 1 atom stereocenters. The van der Waals surface area contributed by atoms with Crippen LogP contribution in [0.2, 0.25) is 0 Å². The smallest absolute Gasteiger partial charge is 0.231 e. The molecule has 160 valence electrons. The number of hydrogen-bond donors (Lipinski definition) is 1. The minimum Gasteiger partial charge on any atom is -0.497 e. The molecule has 0 aliphatic carbocycles. The van der Waals surface area contributed by atoms with Gasteiger partial charge < -0.3 is 28.9 Å². The average molecular weight is 414 g/mol. The van der Waals surface area contributed by atoms with Gasteiger partial charge in [-0.1, -0.05) is 5.16 Å². The number of ether oxygens (including phenoxy) is 5. The van der Waals surface area contributed by atoms with E-state index in [-0.39, 0.29) is 12.8 Å². The minimum atomic E-state index is -0.0833. The van der Waals surface area contributed by atoms with Gasteiger partial charge in [0.2, 0.25) is 12.5 Å². The van der Waals surface area contributed by atoms with E-state index in [9.17, 15) is 5.21 Å². The molecule has 4 rings (SSSR count). The Morgan fingerprint density at radius 1 is 1.17 bits per heavy atom. The van der Waals surface area contributed by atoms with Crippen molar-refractivity contribution in [3.05, 3.63) is 41.0 Å². The first-order valence-corrected chi connectivity index (χ1v) is 9.74. The Morgan fingerprint density at radius 2 is 2.00 bits per heavy atom. The molecule has 30 heavy (non-hydrogen) atoms. The molecule has 2 aromatic rings. The molecule has 0 bridgehead atoms. The summed E-state index contributed by atoms with van der Waals surface area (Å²) >= 11 is 0. The molecular formula is C22H26N2O6. The number of rotatable bonds is 6. The summed E-state index contributed by atoms with van der Waals surface area (Å²) in [6, 6.07) is 7.37. The van der Waals surface area contributed by atoms with Crippen LogP contribution in [0.25, 0.3) is 0 Å². The van der Waals surface area contributed by atoms with E-state index < -0.39 is 0 Å². The highest BCUT2D eigenvalue weighted by atomic mass is 16.7. The van der Waals surface area contributed by atoms with Gasteiger partial charge in [0.1, 0.15) is 11.5 Å². The number of likely N-dealkylation sites (N-methyl/N-ethyl adjacent to an activating group) is 1. The molecule has 0 saturated carbocycles. The summed E-state index contributed by atoms with van der Waals surface area (Å²) in [7, 11) is 6.87. The normalized spacial score (nSPS) is 18.1. The van der Waals surface area contributed by atoms with Gasteiger partial charge in [-0.05, 0) is 43.3 Å². The zero-order valence-corrected chi connectivity index (χ0v) is 17.6. The van der Waals surface area contributed by atoms with Gasteiger partial charge in [-0.2, -0.15) is 0 Å². The Balaban J connectivity index is 1.77. The van der Waals surface area contributed by atoms with Gasteiger partial charge in [0.05, 0.1) is 27.0 Å². The second kappa shape index (κ2) is 8.31. The lowest BCUT2D eigenvalue weighted by atomic mass is 9.87. The zero-order chi connectivity index (χ0) is 21.3. The monoisotopic (exact) mass is 414 g/mol. The van der Waals surface area contributed by atoms with Gasteiger partial charge in [0, 0.05) is 30.1 Å². The fraction of sp³-hybridized carbons (Fsp3) is 0.409. The molecule has 2 aliphatic rings. The number of benzene rings is 2. The number of fused-ring (bicyclic) bond motifs is 2. The van der Waals surface area contributed by atoms with Crippen molar-refractivity contribution < 1.29 is 28.9 Å². The molecule has 8 heteroatoms. The third kappa shape index (κ3) is 3.37. The average Bonchev–Trinajstić information content (AvgIpc) is 3.25. The molecular weight excluding hydrogens is 388 g/mol. The van der Waals surface area contributed by atoms with E-state index in [0.29, 0.717) is 46.4 Å². The Labute approximate surface area is 175 Å². The maximum absolute atomic E-state index is 9.91.